The fourth-order valence-electron chi connectivity index (χ4n) is 9.86. The average Bonchev–Trinajstić information content (AvgIpc) is 3.99. The van der Waals surface area contributed by atoms with Gasteiger partial charge in [0.2, 0.25) is 11.9 Å². The van der Waals surface area contributed by atoms with E-state index in [1.54, 1.807) is 24.4 Å². The molecule has 3 amide bonds. The molecule has 4 N–H and O–H groups in total. The van der Waals surface area contributed by atoms with Crippen molar-refractivity contribution in [1.29, 1.82) is 0 Å². The maximum Gasteiger partial charge on any atom is 0.293 e. The van der Waals surface area contributed by atoms with Crippen LogP contribution in [0.15, 0.2) is 47.4 Å². The Morgan fingerprint density at radius 1 is 0.955 bits per heavy atom. The van der Waals surface area contributed by atoms with E-state index >= 15 is 4.39 Å². The van der Waals surface area contributed by atoms with Crippen LogP contribution in [0.3, 0.4) is 0 Å². The highest BCUT2D eigenvalue weighted by Crippen LogP contribution is 2.37. The quantitative estimate of drug-likeness (QED) is 0.0975. The largest absolute Gasteiger partial charge is 0.478 e. The van der Waals surface area contributed by atoms with Crippen LogP contribution in [-0.2, 0) is 25.7 Å². The second kappa shape index (κ2) is 22.0. The Kier molecular flexibility index (Phi) is 15.7. The molecule has 67 heavy (non-hydrogen) atoms. The number of nitrogens with zero attached hydrogens (tertiary/aromatic N) is 5. The van der Waals surface area contributed by atoms with E-state index in [2.05, 4.69) is 31.2 Å². The molecule has 1 atom stereocenters. The Hall–Kier alpha value is -5.65. The van der Waals surface area contributed by atoms with Crippen molar-refractivity contribution in [3.63, 3.8) is 0 Å². The molecule has 0 spiro atoms. The molecule has 2 aromatic heterocycles. The summed E-state index contributed by atoms with van der Waals surface area (Å²) in [6.07, 6.45) is 14.9. The number of fused-ring (bicyclic) bond motifs is 2. The van der Waals surface area contributed by atoms with Gasteiger partial charge in [-0.15, -0.1) is 0 Å². The van der Waals surface area contributed by atoms with Gasteiger partial charge in [0.05, 0.1) is 30.5 Å². The van der Waals surface area contributed by atoms with Crippen molar-refractivity contribution in [3.05, 3.63) is 80.5 Å². The number of carbonyl (C=O) groups excluding carboxylic acids is 4. The topological polar surface area (TPSA) is 189 Å². The summed E-state index contributed by atoms with van der Waals surface area (Å²) in [6, 6.07) is 10.3. The number of halogens is 2. The molecule has 5 heterocycles. The molecule has 5 aliphatic rings. The molecule has 2 saturated heterocycles. The molecule has 16 nitrogen and oxygen atoms in total. The van der Waals surface area contributed by atoms with Crippen molar-refractivity contribution in [1.82, 2.24) is 35.4 Å². The first-order valence-electron chi connectivity index (χ1n) is 23.8. The maximum absolute atomic E-state index is 15.1. The van der Waals surface area contributed by atoms with Crippen molar-refractivity contribution in [2.75, 3.05) is 57.1 Å². The highest BCUT2D eigenvalue weighted by Gasteiger charge is 2.38. The van der Waals surface area contributed by atoms with E-state index < -0.39 is 6.04 Å². The normalized spacial score (nSPS) is 18.5. The first kappa shape index (κ1) is 47.8. The fourth-order valence-corrected chi connectivity index (χ4v) is 10.00. The summed E-state index contributed by atoms with van der Waals surface area (Å²) in [5.41, 5.74) is 2.74. The standard InChI is InChI=1S/C30H37ClN6O4.C19H24FN3O3/c1-32-27(38)18-40-26-16-19-15-20(9-10-25(19)37(29(26)39)21-5-2-3-6-21)34-28-24(31)17-33-30(35-28)36-13-11-23(12-14-36)41-22-7-4-8-22;1-21-18(25)16(3-2-10-24)23-11-15-14(19(23)26)5-4-13(17(15)20)12-6-8-22-9-7-12/h9-10,15-17,21-23H,2-8,11-14,18H2,1H3,(H,32,38)(H,33,34,35);4-5,10,12,16,22H,2-3,6-9,11H2,1H3,(H,21,25). The van der Waals surface area contributed by atoms with Gasteiger partial charge in [-0.25, -0.2) is 9.37 Å². The zero-order valence-corrected chi connectivity index (χ0v) is 39.0. The Balaban J connectivity index is 0.000000202. The maximum atomic E-state index is 15.1. The summed E-state index contributed by atoms with van der Waals surface area (Å²) in [7, 11) is 3.02. The van der Waals surface area contributed by atoms with E-state index in [1.165, 1.54) is 38.3 Å². The lowest BCUT2D eigenvalue weighted by Gasteiger charge is -2.36. The zero-order valence-electron chi connectivity index (χ0n) is 38.3. The highest BCUT2D eigenvalue weighted by molar-refractivity contribution is 6.33. The fraction of sp³-hybridized carbons (Fsp3) is 0.531. The van der Waals surface area contributed by atoms with Gasteiger partial charge in [-0.1, -0.05) is 30.5 Å². The van der Waals surface area contributed by atoms with Crippen LogP contribution < -0.4 is 36.5 Å². The third-order valence-corrected chi connectivity index (χ3v) is 14.1. The molecule has 3 aliphatic heterocycles. The number of amides is 3. The van der Waals surface area contributed by atoms with Crippen LogP contribution >= 0.6 is 11.6 Å². The predicted octanol–water partition coefficient (Wildman–Crippen LogP) is 6.31. The predicted molar refractivity (Wildman–Crippen MR) is 254 cm³/mol. The number of carbonyl (C=O) groups is 4. The van der Waals surface area contributed by atoms with Crippen LogP contribution in [-0.4, -0.2) is 109 Å². The summed E-state index contributed by atoms with van der Waals surface area (Å²) in [5, 5.41) is 12.9. The summed E-state index contributed by atoms with van der Waals surface area (Å²) in [6.45, 7) is 3.24. The first-order chi connectivity index (χ1) is 32.6. The Labute approximate surface area is 394 Å². The third-order valence-electron chi connectivity index (χ3n) is 13.8. The Morgan fingerprint density at radius 3 is 2.39 bits per heavy atom. The van der Waals surface area contributed by atoms with Crippen LogP contribution in [0.5, 0.6) is 5.75 Å². The molecule has 4 fully saturated rings. The smallest absolute Gasteiger partial charge is 0.293 e. The van der Waals surface area contributed by atoms with Crippen molar-refractivity contribution in [3.8, 4) is 5.75 Å². The lowest BCUT2D eigenvalue weighted by atomic mass is 9.88. The van der Waals surface area contributed by atoms with E-state index in [9.17, 15) is 24.0 Å². The average molecular weight is 943 g/mol. The molecule has 2 saturated carbocycles. The number of hydrogen-bond donors (Lipinski definition) is 4. The number of aldehydes is 1. The van der Waals surface area contributed by atoms with Crippen molar-refractivity contribution >= 4 is 64.0 Å². The van der Waals surface area contributed by atoms with Crippen molar-refractivity contribution in [2.45, 2.75) is 120 Å². The molecular weight excluding hydrogens is 881 g/mol. The number of ether oxygens (including phenoxy) is 2. The van der Waals surface area contributed by atoms with Crippen LogP contribution in [0.25, 0.3) is 10.9 Å². The molecule has 2 aliphatic carbocycles. The monoisotopic (exact) mass is 941 g/mol. The summed E-state index contributed by atoms with van der Waals surface area (Å²) >= 11 is 6.52. The molecule has 4 aromatic rings. The lowest BCUT2D eigenvalue weighted by molar-refractivity contribution is -0.125. The molecule has 2 aromatic carbocycles. The van der Waals surface area contributed by atoms with Gasteiger partial charge in [0.15, 0.2) is 18.2 Å². The SMILES string of the molecule is CNC(=O)C(CCC=O)N1Cc2c(ccc(C3CCNCC3)c2F)C1=O.CNC(=O)COc1cc2cc(Nc3nc(N4CCC(OC5CCC5)CC4)ncc3Cl)ccc2n(C2CCCC2)c1=O. The van der Waals surface area contributed by atoms with Crippen LogP contribution in [0.1, 0.15) is 117 Å². The van der Waals surface area contributed by atoms with Gasteiger partial charge < -0.3 is 49.9 Å². The molecule has 9 rings (SSSR count). The summed E-state index contributed by atoms with van der Waals surface area (Å²) in [4.78, 5) is 73.7. The molecule has 1 unspecified atom stereocenters. The number of pyridine rings is 1. The van der Waals surface area contributed by atoms with Gasteiger partial charge >= 0.3 is 0 Å². The number of benzene rings is 2. The van der Waals surface area contributed by atoms with Gasteiger partial charge in [0.25, 0.3) is 17.4 Å². The molecule has 0 radical (unpaired) electrons. The number of likely N-dealkylation sites (N-methyl/N-ethyl adjacent to an activating group) is 2. The lowest BCUT2D eigenvalue weighted by Crippen LogP contribution is -2.46. The number of piperidine rings is 2. The summed E-state index contributed by atoms with van der Waals surface area (Å²) in [5.74, 6) is 0.159. The van der Waals surface area contributed by atoms with Gasteiger partial charge in [-0.3, -0.25) is 19.2 Å². The molecule has 18 heteroatoms. The van der Waals surface area contributed by atoms with Crippen LogP contribution in [0.4, 0.5) is 21.8 Å². The van der Waals surface area contributed by atoms with E-state index in [1.807, 2.05) is 22.8 Å². The number of nitrogens with one attached hydrogen (secondary N) is 4. The number of rotatable bonds is 15. The van der Waals surface area contributed by atoms with E-state index in [-0.39, 0.29) is 72.8 Å². The minimum absolute atomic E-state index is 0.0652. The van der Waals surface area contributed by atoms with Gasteiger partial charge in [0.1, 0.15) is 23.2 Å². The number of hydrogen-bond acceptors (Lipinski definition) is 12. The van der Waals surface area contributed by atoms with Crippen LogP contribution in [0.2, 0.25) is 5.02 Å². The van der Waals surface area contributed by atoms with Crippen molar-refractivity contribution < 1.29 is 33.0 Å². The molecular formula is C49H61ClFN9O7. The Bertz CT molecular complexity index is 2500. The van der Waals surface area contributed by atoms with E-state index in [0.29, 0.717) is 45.7 Å². The number of anilines is 3. The van der Waals surface area contributed by atoms with Gasteiger partial charge in [0, 0.05) is 61.8 Å². The van der Waals surface area contributed by atoms with Gasteiger partial charge in [-0.05, 0) is 119 Å². The minimum atomic E-state index is -0.771. The van der Waals surface area contributed by atoms with E-state index in [0.717, 1.165) is 100 Å². The summed E-state index contributed by atoms with van der Waals surface area (Å²) < 4.78 is 28.9. The second-order valence-electron chi connectivity index (χ2n) is 18.1. The van der Waals surface area contributed by atoms with E-state index in [4.69, 9.17) is 26.1 Å². The van der Waals surface area contributed by atoms with Crippen LogP contribution in [0, 0.1) is 5.82 Å². The first-order valence-corrected chi connectivity index (χ1v) is 24.1. The van der Waals surface area contributed by atoms with Crippen molar-refractivity contribution in [2.24, 2.45) is 0 Å². The Morgan fingerprint density at radius 2 is 1.70 bits per heavy atom. The molecule has 358 valence electrons. The minimum Gasteiger partial charge on any atom is -0.478 e. The highest BCUT2D eigenvalue weighted by atomic mass is 35.5. The number of aromatic nitrogens is 3. The zero-order chi connectivity index (χ0) is 47.0. The van der Waals surface area contributed by atoms with Gasteiger partial charge in [-0.2, -0.15) is 4.98 Å². The third kappa shape index (κ3) is 10.9. The second-order valence-corrected chi connectivity index (χ2v) is 18.5. The molecule has 0 bridgehead atoms.